The molecule has 1 fully saturated rings. The van der Waals surface area contributed by atoms with Crippen LogP contribution in [-0.4, -0.2) is 21.0 Å². The number of rotatable bonds is 2. The van der Waals surface area contributed by atoms with Crippen LogP contribution < -0.4 is 0 Å². The average molecular weight is 220 g/mol. The number of carboxylic acids is 1. The zero-order chi connectivity index (χ0) is 11.5. The van der Waals surface area contributed by atoms with E-state index in [2.05, 4.69) is 9.97 Å². The number of aromatic nitrogens is 2. The van der Waals surface area contributed by atoms with E-state index in [1.54, 1.807) is 13.1 Å². The molecule has 4 heteroatoms. The zero-order valence-electron chi connectivity index (χ0n) is 9.44. The van der Waals surface area contributed by atoms with Crippen molar-refractivity contribution in [2.75, 3.05) is 0 Å². The zero-order valence-corrected chi connectivity index (χ0v) is 9.44. The van der Waals surface area contributed by atoms with Crippen molar-refractivity contribution >= 4 is 5.97 Å². The molecule has 0 radical (unpaired) electrons. The standard InChI is InChI=1S/C12H16N2O2/c1-8-7-13-11(14-10(8)12(15)16)9-5-3-2-4-6-9/h7,9H,2-6H2,1H3,(H,15,16). The maximum Gasteiger partial charge on any atom is 0.354 e. The Morgan fingerprint density at radius 3 is 2.69 bits per heavy atom. The molecule has 0 atom stereocenters. The predicted molar refractivity (Wildman–Crippen MR) is 59.6 cm³/mol. The molecular formula is C12H16N2O2. The van der Waals surface area contributed by atoms with Crippen molar-refractivity contribution in [2.24, 2.45) is 0 Å². The Morgan fingerprint density at radius 2 is 2.06 bits per heavy atom. The third-order valence-corrected chi connectivity index (χ3v) is 3.16. The first-order chi connectivity index (χ1) is 7.68. The molecule has 0 aliphatic heterocycles. The molecule has 86 valence electrons. The lowest BCUT2D eigenvalue weighted by Crippen LogP contribution is -2.13. The minimum absolute atomic E-state index is 0.149. The van der Waals surface area contributed by atoms with E-state index in [0.717, 1.165) is 12.8 Å². The average Bonchev–Trinajstić information content (AvgIpc) is 2.30. The molecule has 0 bridgehead atoms. The van der Waals surface area contributed by atoms with Crippen molar-refractivity contribution in [3.8, 4) is 0 Å². The molecule has 1 aliphatic rings. The topological polar surface area (TPSA) is 63.1 Å². The van der Waals surface area contributed by atoms with Crippen molar-refractivity contribution in [2.45, 2.75) is 44.9 Å². The normalized spacial score (nSPS) is 17.3. The Morgan fingerprint density at radius 1 is 1.38 bits per heavy atom. The third kappa shape index (κ3) is 2.21. The largest absolute Gasteiger partial charge is 0.477 e. The molecule has 1 N–H and O–H groups in total. The van der Waals surface area contributed by atoms with E-state index in [1.807, 2.05) is 0 Å². The van der Waals surface area contributed by atoms with Crippen molar-refractivity contribution in [3.63, 3.8) is 0 Å². The highest BCUT2D eigenvalue weighted by molar-refractivity contribution is 5.86. The van der Waals surface area contributed by atoms with Gasteiger partial charge in [-0.15, -0.1) is 0 Å². The van der Waals surface area contributed by atoms with Gasteiger partial charge >= 0.3 is 5.97 Å². The summed E-state index contributed by atoms with van der Waals surface area (Å²) in [5.74, 6) is 0.104. The Kier molecular flexibility index (Phi) is 3.17. The first-order valence-electron chi connectivity index (χ1n) is 5.75. The van der Waals surface area contributed by atoms with Gasteiger partial charge in [-0.3, -0.25) is 0 Å². The maximum absolute atomic E-state index is 11.0. The summed E-state index contributed by atoms with van der Waals surface area (Å²) >= 11 is 0. The highest BCUT2D eigenvalue weighted by Crippen LogP contribution is 2.30. The summed E-state index contributed by atoms with van der Waals surface area (Å²) in [4.78, 5) is 19.4. The second kappa shape index (κ2) is 4.60. The number of hydrogen-bond donors (Lipinski definition) is 1. The molecule has 1 aromatic rings. The highest BCUT2D eigenvalue weighted by Gasteiger charge is 2.20. The minimum Gasteiger partial charge on any atom is -0.477 e. The van der Waals surface area contributed by atoms with E-state index < -0.39 is 5.97 Å². The van der Waals surface area contributed by atoms with E-state index in [1.165, 1.54) is 19.3 Å². The molecule has 0 unspecified atom stereocenters. The molecule has 0 spiro atoms. The van der Waals surface area contributed by atoms with E-state index in [9.17, 15) is 4.79 Å². The summed E-state index contributed by atoms with van der Waals surface area (Å²) in [6.07, 6.45) is 7.47. The Bertz CT molecular complexity index is 398. The molecule has 0 saturated heterocycles. The number of carbonyl (C=O) groups is 1. The molecule has 0 amide bonds. The molecular weight excluding hydrogens is 204 g/mol. The van der Waals surface area contributed by atoms with Gasteiger partial charge in [-0.05, 0) is 19.8 Å². The number of nitrogens with zero attached hydrogens (tertiary/aromatic N) is 2. The van der Waals surface area contributed by atoms with Crippen molar-refractivity contribution in [1.82, 2.24) is 9.97 Å². The van der Waals surface area contributed by atoms with Crippen LogP contribution in [0.5, 0.6) is 0 Å². The number of hydrogen-bond acceptors (Lipinski definition) is 3. The van der Waals surface area contributed by atoms with Crippen LogP contribution in [0.15, 0.2) is 6.20 Å². The maximum atomic E-state index is 11.0. The van der Waals surface area contributed by atoms with Crippen LogP contribution in [-0.2, 0) is 0 Å². The molecule has 16 heavy (non-hydrogen) atoms. The van der Waals surface area contributed by atoms with E-state index in [0.29, 0.717) is 17.3 Å². The lowest BCUT2D eigenvalue weighted by molar-refractivity contribution is 0.0689. The minimum atomic E-state index is -0.961. The van der Waals surface area contributed by atoms with E-state index in [4.69, 9.17) is 5.11 Å². The van der Waals surface area contributed by atoms with Crippen molar-refractivity contribution in [3.05, 3.63) is 23.3 Å². The Balaban J connectivity index is 2.27. The van der Waals surface area contributed by atoms with Gasteiger partial charge in [0, 0.05) is 17.7 Å². The predicted octanol–water partition coefficient (Wildman–Crippen LogP) is 2.53. The Labute approximate surface area is 94.7 Å². The van der Waals surface area contributed by atoms with Crippen LogP contribution in [0.4, 0.5) is 0 Å². The van der Waals surface area contributed by atoms with Crippen LogP contribution in [0.2, 0.25) is 0 Å². The monoisotopic (exact) mass is 220 g/mol. The lowest BCUT2D eigenvalue weighted by atomic mass is 9.88. The van der Waals surface area contributed by atoms with Gasteiger partial charge in [0.25, 0.3) is 0 Å². The van der Waals surface area contributed by atoms with Crippen LogP contribution in [0.25, 0.3) is 0 Å². The molecule has 2 rings (SSSR count). The molecule has 1 aromatic heterocycles. The van der Waals surface area contributed by atoms with Gasteiger partial charge in [0.05, 0.1) is 0 Å². The summed E-state index contributed by atoms with van der Waals surface area (Å²) in [6, 6.07) is 0. The lowest BCUT2D eigenvalue weighted by Gasteiger charge is -2.20. The van der Waals surface area contributed by atoms with Gasteiger partial charge in [-0.25, -0.2) is 14.8 Å². The smallest absolute Gasteiger partial charge is 0.354 e. The summed E-state index contributed by atoms with van der Waals surface area (Å²) in [7, 11) is 0. The molecule has 4 nitrogen and oxygen atoms in total. The summed E-state index contributed by atoms with van der Waals surface area (Å²) in [5.41, 5.74) is 0.780. The SMILES string of the molecule is Cc1cnc(C2CCCCC2)nc1C(=O)O. The Hall–Kier alpha value is -1.45. The summed E-state index contributed by atoms with van der Waals surface area (Å²) in [6.45, 7) is 1.73. The number of aromatic carboxylic acids is 1. The molecule has 1 heterocycles. The van der Waals surface area contributed by atoms with Gasteiger partial charge in [0.1, 0.15) is 5.82 Å². The molecule has 1 aliphatic carbocycles. The van der Waals surface area contributed by atoms with Crippen LogP contribution in [0.1, 0.15) is 59.9 Å². The van der Waals surface area contributed by atoms with E-state index >= 15 is 0 Å². The molecule has 1 saturated carbocycles. The fraction of sp³-hybridized carbons (Fsp3) is 0.583. The van der Waals surface area contributed by atoms with Crippen LogP contribution >= 0.6 is 0 Å². The van der Waals surface area contributed by atoms with Crippen LogP contribution in [0, 0.1) is 6.92 Å². The quantitative estimate of drug-likeness (QED) is 0.831. The van der Waals surface area contributed by atoms with Gasteiger partial charge in [0.15, 0.2) is 5.69 Å². The third-order valence-electron chi connectivity index (χ3n) is 3.16. The van der Waals surface area contributed by atoms with Crippen molar-refractivity contribution < 1.29 is 9.90 Å². The van der Waals surface area contributed by atoms with Gasteiger partial charge in [-0.2, -0.15) is 0 Å². The molecule has 0 aromatic carbocycles. The van der Waals surface area contributed by atoms with Gasteiger partial charge < -0.3 is 5.11 Å². The fourth-order valence-corrected chi connectivity index (χ4v) is 2.23. The van der Waals surface area contributed by atoms with Crippen LogP contribution in [0.3, 0.4) is 0 Å². The summed E-state index contributed by atoms with van der Waals surface area (Å²) < 4.78 is 0. The summed E-state index contributed by atoms with van der Waals surface area (Å²) in [5, 5.41) is 9.00. The van der Waals surface area contributed by atoms with E-state index in [-0.39, 0.29) is 5.69 Å². The number of aryl methyl sites for hydroxylation is 1. The first kappa shape index (κ1) is 11.0. The second-order valence-corrected chi connectivity index (χ2v) is 4.40. The highest BCUT2D eigenvalue weighted by atomic mass is 16.4. The second-order valence-electron chi connectivity index (χ2n) is 4.40. The first-order valence-corrected chi connectivity index (χ1v) is 5.75. The number of carboxylic acid groups (broad SMARTS) is 1. The van der Waals surface area contributed by atoms with Crippen molar-refractivity contribution in [1.29, 1.82) is 0 Å². The van der Waals surface area contributed by atoms with Gasteiger partial charge in [-0.1, -0.05) is 19.3 Å². The fourth-order valence-electron chi connectivity index (χ4n) is 2.23. The van der Waals surface area contributed by atoms with Gasteiger partial charge in [0.2, 0.25) is 0 Å².